The fourth-order valence-corrected chi connectivity index (χ4v) is 2.80. The number of alkyl halides is 1. The first kappa shape index (κ1) is 11.8. The Labute approximate surface area is 112 Å². The van der Waals surface area contributed by atoms with E-state index in [-0.39, 0.29) is 0 Å². The van der Waals surface area contributed by atoms with Gasteiger partial charge < -0.3 is 5.32 Å². The number of halogens is 1. The summed E-state index contributed by atoms with van der Waals surface area (Å²) in [6.45, 7) is 0. The maximum absolute atomic E-state index is 6.12. The van der Waals surface area contributed by atoms with Crippen LogP contribution in [0.5, 0.6) is 0 Å². The fraction of sp³-hybridized carbons (Fsp3) is 0.400. The fourth-order valence-electron chi connectivity index (χ4n) is 2.55. The molecule has 0 aliphatic heterocycles. The molecule has 0 amide bonds. The van der Waals surface area contributed by atoms with Crippen molar-refractivity contribution in [3.63, 3.8) is 0 Å². The summed E-state index contributed by atoms with van der Waals surface area (Å²) in [6.07, 6.45) is 4.49. The molecule has 0 spiro atoms. The Kier molecular flexibility index (Phi) is 3.37. The molecule has 1 aliphatic carbocycles. The lowest BCUT2D eigenvalue weighted by atomic mass is 9.95. The molecule has 0 bridgehead atoms. The zero-order valence-electron chi connectivity index (χ0n) is 10.3. The largest absolute Gasteiger partial charge is 0.367 e. The summed E-state index contributed by atoms with van der Waals surface area (Å²) in [7, 11) is 0. The van der Waals surface area contributed by atoms with Crippen molar-refractivity contribution in [1.29, 1.82) is 0 Å². The molecule has 3 rings (SSSR count). The van der Waals surface area contributed by atoms with Crippen molar-refractivity contribution in [2.45, 2.75) is 37.1 Å². The van der Waals surface area contributed by atoms with Crippen LogP contribution in [0.4, 0.5) is 5.82 Å². The van der Waals surface area contributed by atoms with Crippen LogP contribution in [-0.2, 0) is 0 Å². The van der Waals surface area contributed by atoms with Crippen LogP contribution in [0, 0.1) is 0 Å². The molecule has 2 aromatic rings. The maximum Gasteiger partial charge on any atom is 0.126 e. The van der Waals surface area contributed by atoms with Gasteiger partial charge in [-0.25, -0.2) is 4.98 Å². The summed E-state index contributed by atoms with van der Waals surface area (Å²) in [5.74, 6) is 0.978. The number of fused-ring (bicyclic) bond motifs is 1. The average molecular weight is 261 g/mol. The molecule has 1 heterocycles. The van der Waals surface area contributed by atoms with Gasteiger partial charge in [0.25, 0.3) is 0 Å². The number of hydrogen-bond donors (Lipinski definition) is 1. The SMILES string of the molecule is ClC1CCC(Nc2ccc3ccccc3n2)CC1. The molecule has 0 atom stereocenters. The molecule has 1 N–H and O–H groups in total. The quantitative estimate of drug-likeness (QED) is 0.819. The van der Waals surface area contributed by atoms with Crippen molar-refractivity contribution < 1.29 is 0 Å². The lowest BCUT2D eigenvalue weighted by Crippen LogP contribution is -2.26. The first-order valence-electron chi connectivity index (χ1n) is 6.58. The Hall–Kier alpha value is -1.28. The molecule has 3 heteroatoms. The summed E-state index contributed by atoms with van der Waals surface area (Å²) < 4.78 is 0. The zero-order chi connectivity index (χ0) is 12.4. The van der Waals surface area contributed by atoms with Gasteiger partial charge in [0, 0.05) is 16.8 Å². The minimum Gasteiger partial charge on any atom is -0.367 e. The third-order valence-electron chi connectivity index (χ3n) is 3.61. The van der Waals surface area contributed by atoms with E-state index in [0.29, 0.717) is 11.4 Å². The highest BCUT2D eigenvalue weighted by atomic mass is 35.5. The van der Waals surface area contributed by atoms with Gasteiger partial charge in [-0.2, -0.15) is 0 Å². The standard InChI is InChI=1S/C15H17ClN2/c16-12-6-8-13(9-7-12)17-15-10-5-11-3-1-2-4-14(11)18-15/h1-5,10,12-13H,6-9H2,(H,17,18). The van der Waals surface area contributed by atoms with Crippen LogP contribution in [-0.4, -0.2) is 16.4 Å². The van der Waals surface area contributed by atoms with E-state index >= 15 is 0 Å². The predicted molar refractivity (Wildman–Crippen MR) is 77.3 cm³/mol. The normalized spacial score (nSPS) is 24.1. The van der Waals surface area contributed by atoms with E-state index in [1.165, 1.54) is 5.39 Å². The molecule has 18 heavy (non-hydrogen) atoms. The van der Waals surface area contributed by atoms with Crippen molar-refractivity contribution in [2.75, 3.05) is 5.32 Å². The van der Waals surface area contributed by atoms with Gasteiger partial charge in [-0.3, -0.25) is 0 Å². The Morgan fingerprint density at radius 2 is 1.78 bits per heavy atom. The number of benzene rings is 1. The van der Waals surface area contributed by atoms with E-state index in [4.69, 9.17) is 11.6 Å². The molecule has 1 aromatic carbocycles. The minimum absolute atomic E-state index is 0.368. The summed E-state index contributed by atoms with van der Waals surface area (Å²) in [4.78, 5) is 4.64. The second-order valence-electron chi connectivity index (χ2n) is 4.98. The summed E-state index contributed by atoms with van der Waals surface area (Å²) >= 11 is 6.12. The monoisotopic (exact) mass is 260 g/mol. The first-order valence-corrected chi connectivity index (χ1v) is 7.01. The summed E-state index contributed by atoms with van der Waals surface area (Å²) in [5.41, 5.74) is 1.05. The lowest BCUT2D eigenvalue weighted by Gasteiger charge is -2.26. The van der Waals surface area contributed by atoms with Crippen LogP contribution in [0.2, 0.25) is 0 Å². The van der Waals surface area contributed by atoms with Crippen LogP contribution >= 0.6 is 11.6 Å². The Morgan fingerprint density at radius 3 is 2.61 bits per heavy atom. The molecule has 1 saturated carbocycles. The van der Waals surface area contributed by atoms with Gasteiger partial charge in [0.2, 0.25) is 0 Å². The van der Waals surface area contributed by atoms with E-state index in [2.05, 4.69) is 34.6 Å². The topological polar surface area (TPSA) is 24.9 Å². The molecule has 0 unspecified atom stereocenters. The number of pyridine rings is 1. The molecule has 2 nitrogen and oxygen atoms in total. The average Bonchev–Trinajstić information content (AvgIpc) is 2.41. The highest BCUT2D eigenvalue weighted by Crippen LogP contribution is 2.25. The second kappa shape index (κ2) is 5.15. The minimum atomic E-state index is 0.368. The van der Waals surface area contributed by atoms with Crippen LogP contribution < -0.4 is 5.32 Å². The smallest absolute Gasteiger partial charge is 0.126 e. The van der Waals surface area contributed by atoms with Crippen molar-refractivity contribution in [2.24, 2.45) is 0 Å². The molecule has 1 aliphatic rings. The van der Waals surface area contributed by atoms with Crippen LogP contribution in [0.3, 0.4) is 0 Å². The van der Waals surface area contributed by atoms with Gasteiger partial charge in [-0.1, -0.05) is 18.2 Å². The van der Waals surface area contributed by atoms with Crippen LogP contribution in [0.1, 0.15) is 25.7 Å². The van der Waals surface area contributed by atoms with Crippen LogP contribution in [0.25, 0.3) is 10.9 Å². The molecule has 0 saturated heterocycles. The second-order valence-corrected chi connectivity index (χ2v) is 5.60. The van der Waals surface area contributed by atoms with E-state index in [1.807, 2.05) is 12.1 Å². The third-order valence-corrected chi connectivity index (χ3v) is 4.04. The van der Waals surface area contributed by atoms with Gasteiger partial charge in [0.15, 0.2) is 0 Å². The molecular weight excluding hydrogens is 244 g/mol. The number of para-hydroxylation sites is 1. The van der Waals surface area contributed by atoms with Crippen molar-refractivity contribution in [3.8, 4) is 0 Å². The van der Waals surface area contributed by atoms with Gasteiger partial charge in [-0.15, -0.1) is 11.6 Å². The van der Waals surface area contributed by atoms with Gasteiger partial charge in [0.05, 0.1) is 5.52 Å². The van der Waals surface area contributed by atoms with Crippen molar-refractivity contribution in [1.82, 2.24) is 4.98 Å². The molecule has 1 fully saturated rings. The number of aromatic nitrogens is 1. The number of anilines is 1. The van der Waals surface area contributed by atoms with Crippen molar-refractivity contribution in [3.05, 3.63) is 36.4 Å². The van der Waals surface area contributed by atoms with E-state index in [0.717, 1.165) is 37.0 Å². The van der Waals surface area contributed by atoms with Gasteiger partial charge in [-0.05, 0) is 43.9 Å². The summed E-state index contributed by atoms with van der Waals surface area (Å²) in [6, 6.07) is 12.9. The number of nitrogens with zero attached hydrogens (tertiary/aromatic N) is 1. The predicted octanol–water partition coefficient (Wildman–Crippen LogP) is 4.20. The third kappa shape index (κ3) is 2.59. The Bertz CT molecular complexity index is 533. The first-order chi connectivity index (χ1) is 8.81. The van der Waals surface area contributed by atoms with Crippen LogP contribution in [0.15, 0.2) is 36.4 Å². The van der Waals surface area contributed by atoms with Gasteiger partial charge >= 0.3 is 0 Å². The molecular formula is C15H17ClN2. The van der Waals surface area contributed by atoms with E-state index in [9.17, 15) is 0 Å². The summed E-state index contributed by atoms with van der Waals surface area (Å²) in [5, 5.41) is 5.08. The number of rotatable bonds is 2. The van der Waals surface area contributed by atoms with E-state index < -0.39 is 0 Å². The number of hydrogen-bond acceptors (Lipinski definition) is 2. The lowest BCUT2D eigenvalue weighted by molar-refractivity contribution is 0.467. The molecule has 0 radical (unpaired) electrons. The number of nitrogens with one attached hydrogen (secondary N) is 1. The zero-order valence-corrected chi connectivity index (χ0v) is 11.0. The highest BCUT2D eigenvalue weighted by Gasteiger charge is 2.19. The molecule has 1 aromatic heterocycles. The highest BCUT2D eigenvalue weighted by molar-refractivity contribution is 6.20. The van der Waals surface area contributed by atoms with Crippen molar-refractivity contribution >= 4 is 28.3 Å². The molecule has 94 valence electrons. The Balaban J connectivity index is 1.74. The van der Waals surface area contributed by atoms with Gasteiger partial charge in [0.1, 0.15) is 5.82 Å². The van der Waals surface area contributed by atoms with E-state index in [1.54, 1.807) is 0 Å². The Morgan fingerprint density at radius 1 is 1.00 bits per heavy atom. The maximum atomic E-state index is 6.12.